The number of carbonyl (C=O) groups is 1. The first-order valence-electron chi connectivity index (χ1n) is 8.74. The Morgan fingerprint density at radius 3 is 2.80 bits per heavy atom. The van der Waals surface area contributed by atoms with Gasteiger partial charge in [-0.25, -0.2) is 9.97 Å². The minimum absolute atomic E-state index is 0.165. The highest BCUT2D eigenvalue weighted by molar-refractivity contribution is 6.05. The number of hydrogen-bond donors (Lipinski definition) is 1. The van der Waals surface area contributed by atoms with Gasteiger partial charge in [-0.05, 0) is 30.9 Å². The van der Waals surface area contributed by atoms with E-state index in [1.54, 1.807) is 18.6 Å². The van der Waals surface area contributed by atoms with Gasteiger partial charge < -0.3 is 15.0 Å². The first kappa shape index (κ1) is 16.0. The molecular formula is C18H21N5O2. The molecule has 0 spiro atoms. The topological polar surface area (TPSA) is 80.2 Å². The Kier molecular flexibility index (Phi) is 4.56. The second-order valence-electron chi connectivity index (χ2n) is 6.30. The van der Waals surface area contributed by atoms with E-state index < -0.39 is 0 Å². The van der Waals surface area contributed by atoms with Crippen LogP contribution in [0.5, 0.6) is 0 Å². The van der Waals surface area contributed by atoms with Gasteiger partial charge in [-0.3, -0.25) is 9.78 Å². The molecule has 2 aliphatic heterocycles. The molecule has 1 saturated heterocycles. The molecule has 4 heterocycles. The van der Waals surface area contributed by atoms with Gasteiger partial charge in [-0.2, -0.15) is 0 Å². The quantitative estimate of drug-likeness (QED) is 0.919. The number of pyridine rings is 1. The highest BCUT2D eigenvalue weighted by Crippen LogP contribution is 2.26. The van der Waals surface area contributed by atoms with Crippen molar-refractivity contribution in [2.75, 3.05) is 36.5 Å². The molecule has 1 amide bonds. The molecular weight excluding hydrogens is 318 g/mol. The van der Waals surface area contributed by atoms with Gasteiger partial charge in [-0.15, -0.1) is 0 Å². The monoisotopic (exact) mass is 339 g/mol. The molecule has 2 aromatic rings. The minimum atomic E-state index is -0.165. The number of nitrogens with zero attached hydrogens (tertiary/aromatic N) is 4. The van der Waals surface area contributed by atoms with Crippen LogP contribution in [0.25, 0.3) is 0 Å². The second kappa shape index (κ2) is 7.14. The third-order valence-electron chi connectivity index (χ3n) is 4.66. The van der Waals surface area contributed by atoms with Gasteiger partial charge in [0, 0.05) is 43.2 Å². The average molecular weight is 339 g/mol. The van der Waals surface area contributed by atoms with E-state index in [2.05, 4.69) is 20.2 Å². The van der Waals surface area contributed by atoms with Gasteiger partial charge in [0.1, 0.15) is 5.82 Å². The standard InChI is InChI=1S/C18H21N5O2/c24-18(22-16-12-19-5-6-20-16)14-11-17(23-7-1-2-8-23)21-15-4-10-25-9-3-13(14)15/h5-6,11-12H,1-4,7-10H2,(H,20,22,24). The Morgan fingerprint density at radius 1 is 1.16 bits per heavy atom. The molecule has 25 heavy (non-hydrogen) atoms. The van der Waals surface area contributed by atoms with Crippen molar-refractivity contribution in [2.45, 2.75) is 25.7 Å². The van der Waals surface area contributed by atoms with Crippen LogP contribution in [0.3, 0.4) is 0 Å². The maximum absolute atomic E-state index is 12.9. The fourth-order valence-electron chi connectivity index (χ4n) is 3.40. The molecule has 0 atom stereocenters. The average Bonchev–Trinajstić information content (AvgIpc) is 3.07. The smallest absolute Gasteiger partial charge is 0.257 e. The molecule has 130 valence electrons. The zero-order chi connectivity index (χ0) is 17.1. The van der Waals surface area contributed by atoms with Crippen molar-refractivity contribution in [3.63, 3.8) is 0 Å². The van der Waals surface area contributed by atoms with E-state index in [0.29, 0.717) is 31.0 Å². The molecule has 0 aliphatic carbocycles. The van der Waals surface area contributed by atoms with Crippen molar-refractivity contribution < 1.29 is 9.53 Å². The summed E-state index contributed by atoms with van der Waals surface area (Å²) >= 11 is 0. The Labute approximate surface area is 146 Å². The van der Waals surface area contributed by atoms with Crippen molar-refractivity contribution in [1.29, 1.82) is 0 Å². The van der Waals surface area contributed by atoms with E-state index in [1.807, 2.05) is 6.07 Å². The second-order valence-corrected chi connectivity index (χ2v) is 6.30. The molecule has 0 unspecified atom stereocenters. The van der Waals surface area contributed by atoms with Gasteiger partial charge in [0.25, 0.3) is 5.91 Å². The van der Waals surface area contributed by atoms with Crippen LogP contribution in [0.4, 0.5) is 11.6 Å². The third-order valence-corrected chi connectivity index (χ3v) is 4.66. The summed E-state index contributed by atoms with van der Waals surface area (Å²) in [5.41, 5.74) is 2.64. The fraction of sp³-hybridized carbons (Fsp3) is 0.444. The maximum atomic E-state index is 12.9. The largest absolute Gasteiger partial charge is 0.381 e. The number of hydrogen-bond acceptors (Lipinski definition) is 6. The summed E-state index contributed by atoms with van der Waals surface area (Å²) in [7, 11) is 0. The zero-order valence-corrected chi connectivity index (χ0v) is 14.1. The number of amides is 1. The Hall–Kier alpha value is -2.54. The molecule has 0 bridgehead atoms. The zero-order valence-electron chi connectivity index (χ0n) is 14.1. The van der Waals surface area contributed by atoms with Crippen molar-refractivity contribution in [3.8, 4) is 0 Å². The number of ether oxygens (including phenoxy) is 1. The summed E-state index contributed by atoms with van der Waals surface area (Å²) in [6, 6.07) is 1.92. The van der Waals surface area contributed by atoms with E-state index in [4.69, 9.17) is 9.72 Å². The van der Waals surface area contributed by atoms with Crippen molar-refractivity contribution in [3.05, 3.63) is 41.5 Å². The molecule has 7 nitrogen and oxygen atoms in total. The lowest BCUT2D eigenvalue weighted by atomic mass is 10.0. The summed E-state index contributed by atoms with van der Waals surface area (Å²) in [4.78, 5) is 28.1. The van der Waals surface area contributed by atoms with Crippen LogP contribution in [0.1, 0.15) is 34.5 Å². The van der Waals surface area contributed by atoms with Crippen LogP contribution in [0, 0.1) is 0 Å². The van der Waals surface area contributed by atoms with Crippen LogP contribution in [-0.2, 0) is 17.6 Å². The van der Waals surface area contributed by atoms with Crippen molar-refractivity contribution in [1.82, 2.24) is 15.0 Å². The van der Waals surface area contributed by atoms with Gasteiger partial charge in [0.15, 0.2) is 5.82 Å². The van der Waals surface area contributed by atoms with Gasteiger partial charge >= 0.3 is 0 Å². The van der Waals surface area contributed by atoms with Crippen LogP contribution >= 0.6 is 0 Å². The fourth-order valence-corrected chi connectivity index (χ4v) is 3.40. The summed E-state index contributed by atoms with van der Waals surface area (Å²) in [5.74, 6) is 1.18. The summed E-state index contributed by atoms with van der Waals surface area (Å²) in [5, 5.41) is 2.85. The number of anilines is 2. The molecule has 2 aliphatic rings. The lowest BCUT2D eigenvalue weighted by Crippen LogP contribution is -2.23. The number of rotatable bonds is 3. The highest BCUT2D eigenvalue weighted by Gasteiger charge is 2.23. The number of nitrogens with one attached hydrogen (secondary N) is 1. The predicted molar refractivity (Wildman–Crippen MR) is 93.9 cm³/mol. The van der Waals surface area contributed by atoms with Crippen molar-refractivity contribution >= 4 is 17.5 Å². The minimum Gasteiger partial charge on any atom is -0.381 e. The molecule has 7 heteroatoms. The highest BCUT2D eigenvalue weighted by atomic mass is 16.5. The number of aromatic nitrogens is 3. The van der Waals surface area contributed by atoms with E-state index in [9.17, 15) is 4.79 Å². The SMILES string of the molecule is O=C(Nc1cnccn1)c1cc(N2CCCC2)nc2c1CCOCC2. The molecule has 1 fully saturated rings. The van der Waals surface area contributed by atoms with Crippen LogP contribution in [0.15, 0.2) is 24.7 Å². The predicted octanol–water partition coefficient (Wildman–Crippen LogP) is 1.84. The lowest BCUT2D eigenvalue weighted by Gasteiger charge is -2.20. The first-order chi connectivity index (χ1) is 12.3. The Morgan fingerprint density at radius 2 is 2.00 bits per heavy atom. The van der Waals surface area contributed by atoms with E-state index in [-0.39, 0.29) is 5.91 Å². The number of fused-ring (bicyclic) bond motifs is 1. The Bertz CT molecular complexity index is 760. The third kappa shape index (κ3) is 3.46. The van der Waals surface area contributed by atoms with E-state index in [1.165, 1.54) is 12.8 Å². The Balaban J connectivity index is 1.70. The van der Waals surface area contributed by atoms with Crippen LogP contribution in [-0.4, -0.2) is 47.2 Å². The summed E-state index contributed by atoms with van der Waals surface area (Å²) in [6.45, 7) is 3.25. The van der Waals surface area contributed by atoms with Crippen LogP contribution in [0.2, 0.25) is 0 Å². The molecule has 4 rings (SSSR count). The molecule has 0 aromatic carbocycles. The first-order valence-corrected chi connectivity index (χ1v) is 8.74. The van der Waals surface area contributed by atoms with Gasteiger partial charge in [0.2, 0.25) is 0 Å². The molecule has 0 radical (unpaired) electrons. The van der Waals surface area contributed by atoms with Crippen molar-refractivity contribution in [2.24, 2.45) is 0 Å². The van der Waals surface area contributed by atoms with E-state index in [0.717, 1.165) is 36.6 Å². The van der Waals surface area contributed by atoms with Gasteiger partial charge in [-0.1, -0.05) is 0 Å². The maximum Gasteiger partial charge on any atom is 0.257 e. The lowest BCUT2D eigenvalue weighted by molar-refractivity contribution is 0.102. The summed E-state index contributed by atoms with van der Waals surface area (Å²) in [6.07, 6.45) is 8.46. The van der Waals surface area contributed by atoms with E-state index >= 15 is 0 Å². The van der Waals surface area contributed by atoms with Gasteiger partial charge in [0.05, 0.1) is 19.4 Å². The number of carbonyl (C=O) groups excluding carboxylic acids is 1. The summed E-state index contributed by atoms with van der Waals surface area (Å²) < 4.78 is 5.59. The van der Waals surface area contributed by atoms with Crippen LogP contribution < -0.4 is 10.2 Å². The molecule has 0 saturated carbocycles. The molecule has 2 aromatic heterocycles. The molecule has 1 N–H and O–H groups in total. The normalized spacial score (nSPS) is 17.0.